The number of rotatable bonds is 3. The minimum Gasteiger partial charge on any atom is -0.444 e. The van der Waals surface area contributed by atoms with Crippen LogP contribution in [0.2, 0.25) is 0 Å². The molecule has 4 aliphatic heterocycles. The number of carbonyl (C=O) groups excluding carboxylic acids is 3. The molecule has 7 aliphatic rings. The second-order valence-electron chi connectivity index (χ2n) is 23.8. The van der Waals surface area contributed by atoms with Crippen molar-refractivity contribution in [2.45, 2.75) is 228 Å². The minimum atomic E-state index is -0.383. The molecule has 0 unspecified atom stereocenters. The lowest BCUT2D eigenvalue weighted by atomic mass is 9.73. The normalized spacial score (nSPS) is 21.2. The summed E-state index contributed by atoms with van der Waals surface area (Å²) in [5.74, 6) is 2.20. The maximum absolute atomic E-state index is 11.8. The first kappa shape index (κ1) is 73.4. The number of halogens is 7. The molecular formula is C54H95BI7N3O8. The van der Waals surface area contributed by atoms with Crippen LogP contribution in [-0.4, -0.2) is 117 Å². The monoisotopic (exact) mass is 1810 g/mol. The first-order valence-corrected chi connectivity index (χ1v) is 35.1. The Balaban J connectivity index is 0.000000455. The zero-order valence-electron chi connectivity index (χ0n) is 47.5. The number of hydrogen-bond donors (Lipinski definition) is 0. The van der Waals surface area contributed by atoms with E-state index in [1.807, 2.05) is 72.1 Å². The molecule has 0 spiro atoms. The van der Waals surface area contributed by atoms with Crippen molar-refractivity contribution in [3.05, 3.63) is 23.2 Å². The summed E-state index contributed by atoms with van der Waals surface area (Å²) in [5.41, 5.74) is 1.40. The molecule has 1 saturated carbocycles. The predicted octanol–water partition coefficient (Wildman–Crippen LogP) is 18.6. The lowest BCUT2D eigenvalue weighted by Gasteiger charge is -2.44. The smallest absolute Gasteiger partial charge is 0.444 e. The molecule has 0 radical (unpaired) electrons. The van der Waals surface area contributed by atoms with Crippen molar-refractivity contribution in [2.24, 2.45) is 17.8 Å². The van der Waals surface area contributed by atoms with Crippen molar-refractivity contribution in [3.8, 4) is 0 Å². The lowest BCUT2D eigenvalue weighted by molar-refractivity contribution is -0.0145. The number of ether oxygens (including phenoxy) is 3. The van der Waals surface area contributed by atoms with E-state index in [2.05, 4.69) is 219 Å². The van der Waals surface area contributed by atoms with E-state index >= 15 is 0 Å². The molecule has 73 heavy (non-hydrogen) atoms. The number of allylic oxidation sites excluding steroid dienone is 3. The number of alkyl halides is 7. The van der Waals surface area contributed by atoms with Crippen LogP contribution in [0.25, 0.3) is 0 Å². The van der Waals surface area contributed by atoms with E-state index in [9.17, 15) is 14.4 Å². The average molecular weight is 1810 g/mol. The van der Waals surface area contributed by atoms with E-state index < -0.39 is 0 Å². The second kappa shape index (κ2) is 34.7. The molecule has 3 aliphatic carbocycles. The van der Waals surface area contributed by atoms with Gasteiger partial charge in [-0.3, -0.25) is 0 Å². The van der Waals surface area contributed by atoms with Gasteiger partial charge in [0.15, 0.2) is 0 Å². The zero-order chi connectivity index (χ0) is 56.2. The highest BCUT2D eigenvalue weighted by Gasteiger charge is 2.52. The van der Waals surface area contributed by atoms with Gasteiger partial charge >= 0.3 is 25.4 Å². The number of likely N-dealkylation sites (tertiary alicyclic amines) is 3. The summed E-state index contributed by atoms with van der Waals surface area (Å²) in [5, 5.41) is 0. The molecule has 4 heterocycles. The van der Waals surface area contributed by atoms with E-state index in [0.29, 0.717) is 9.28 Å². The van der Waals surface area contributed by atoms with Gasteiger partial charge in [0.25, 0.3) is 0 Å². The second-order valence-corrected chi connectivity index (χ2v) is 45.9. The molecule has 0 N–H and O–H groups in total. The third-order valence-electron chi connectivity index (χ3n) is 12.6. The fourth-order valence-electron chi connectivity index (χ4n) is 8.29. The summed E-state index contributed by atoms with van der Waals surface area (Å²) < 4.78 is 30.9. The van der Waals surface area contributed by atoms with Crippen molar-refractivity contribution in [1.29, 1.82) is 0 Å². The summed E-state index contributed by atoms with van der Waals surface area (Å²) in [6.07, 6.45) is 21.1. The molecule has 0 aromatic heterocycles. The third kappa shape index (κ3) is 33.2. The van der Waals surface area contributed by atoms with E-state index in [1.165, 1.54) is 86.9 Å². The zero-order valence-corrected chi connectivity index (χ0v) is 62.6. The Kier molecular flexibility index (Phi) is 34.9. The first-order chi connectivity index (χ1) is 33.4. The number of amides is 3. The topological polar surface area (TPSA) is 107 Å². The maximum Gasteiger partial charge on any atom is 0.490 e. The van der Waals surface area contributed by atoms with Crippen LogP contribution >= 0.6 is 158 Å². The molecule has 5 fully saturated rings. The summed E-state index contributed by atoms with van der Waals surface area (Å²) in [7, 11) is -0.102. The lowest BCUT2D eigenvalue weighted by Crippen LogP contribution is -2.54. The Morgan fingerprint density at radius 1 is 0.630 bits per heavy atom. The average Bonchev–Trinajstić information content (AvgIpc) is 3.40. The highest BCUT2D eigenvalue weighted by molar-refractivity contribution is 14.3. The largest absolute Gasteiger partial charge is 0.490 e. The Morgan fingerprint density at radius 2 is 0.986 bits per heavy atom. The van der Waals surface area contributed by atoms with Gasteiger partial charge in [-0.1, -0.05) is 215 Å². The molecule has 19 heteroatoms. The van der Waals surface area contributed by atoms with Crippen molar-refractivity contribution in [1.82, 2.24) is 14.7 Å². The molecule has 0 atom stereocenters. The van der Waals surface area contributed by atoms with Crippen molar-refractivity contribution in [3.63, 3.8) is 0 Å². The Labute approximate surface area is 541 Å². The molecule has 11 nitrogen and oxygen atoms in total. The first-order valence-electron chi connectivity index (χ1n) is 26.6. The van der Waals surface area contributed by atoms with E-state index in [4.69, 9.17) is 23.5 Å². The van der Waals surface area contributed by atoms with E-state index in [1.54, 1.807) is 10.5 Å². The molecule has 426 valence electrons. The molecule has 4 saturated heterocycles. The highest BCUT2D eigenvalue weighted by Crippen LogP contribution is 2.40. The van der Waals surface area contributed by atoms with Crippen LogP contribution in [0, 0.1) is 17.8 Å². The van der Waals surface area contributed by atoms with Gasteiger partial charge in [0.1, 0.15) is 16.2 Å². The van der Waals surface area contributed by atoms with Crippen LogP contribution in [0.4, 0.5) is 14.4 Å². The summed E-state index contributed by atoms with van der Waals surface area (Å²) in [6, 6.07) is 0. The van der Waals surface area contributed by atoms with Crippen molar-refractivity contribution in [2.75, 3.05) is 43.7 Å². The number of carbonyl (C=O) groups is 3. The van der Waals surface area contributed by atoms with Crippen LogP contribution < -0.4 is 0 Å². The molecular weight excluding hydrogens is 1720 g/mol. The summed E-state index contributed by atoms with van der Waals surface area (Å²) >= 11 is 16.3. The SMILES string of the molecule is CC(C)(C)OC(=O)N1CC(C2=CCCCC2)C1.CC(C)(C)OC(=O)N1CC(C2CCCCC2)C1.CC(C)(C)OC(=O)N1CC(I)C1.CC(I)(I)I.CC(I)I.CC1(C)OB(C2=CCCCC2)OC1(C)C.CCI. The predicted molar refractivity (Wildman–Crippen MR) is 366 cm³/mol. The van der Waals surface area contributed by atoms with Gasteiger partial charge in [-0.15, -0.1) is 0 Å². The molecule has 0 bridgehead atoms. The molecule has 0 aromatic carbocycles. The van der Waals surface area contributed by atoms with Crippen LogP contribution in [-0.2, 0) is 23.5 Å². The van der Waals surface area contributed by atoms with Crippen LogP contribution in [0.15, 0.2) is 23.2 Å². The van der Waals surface area contributed by atoms with Crippen molar-refractivity contribution < 1.29 is 37.9 Å². The van der Waals surface area contributed by atoms with Crippen LogP contribution in [0.5, 0.6) is 0 Å². The third-order valence-corrected chi connectivity index (χ3v) is 13.4. The van der Waals surface area contributed by atoms with Crippen LogP contribution in [0.1, 0.15) is 194 Å². The van der Waals surface area contributed by atoms with Gasteiger partial charge in [0.05, 0.1) is 13.1 Å². The maximum atomic E-state index is 11.8. The Morgan fingerprint density at radius 3 is 1.32 bits per heavy atom. The quantitative estimate of drug-likeness (QED) is 0.0904. The van der Waals surface area contributed by atoms with Gasteiger partial charge in [-0.25, -0.2) is 14.4 Å². The van der Waals surface area contributed by atoms with E-state index in [-0.39, 0.29) is 53.4 Å². The molecule has 0 aromatic rings. The Bertz CT molecular complexity index is 1660. The number of nitrogens with zero attached hydrogens (tertiary/aromatic N) is 3. The fraction of sp³-hybridized carbons (Fsp3) is 0.870. The van der Waals surface area contributed by atoms with Gasteiger partial charge in [0.2, 0.25) is 0 Å². The molecule has 7 rings (SSSR count). The summed E-state index contributed by atoms with van der Waals surface area (Å²) in [6.45, 7) is 37.1. The van der Waals surface area contributed by atoms with Gasteiger partial charge in [-0.2, -0.15) is 0 Å². The standard InChI is InChI=1S/C14H25NO2.C14H23NO2.C12H21BO2.C8H14INO2.C2H3I3.C2H4I2.C2H5I/c2*1-14(2,3)17-13(16)15-9-12(10-15)11-7-5-4-6-8-11;1-11(2)12(3,4)15-13(14-11)10-8-6-5-7-9-10;1-8(2,3)12-7(11)10-4-6(9)5-10;1-2(3,4)5;1-2(3)4;1-2-3/h11-12H,4-10H2,1-3H3;7,12H,4-6,8-10H2,1-3H3;8H,5-7,9H2,1-4H3;6H,4-5H2,1-3H3;1H3;2H,1H3;2H2,1H3. The van der Waals surface area contributed by atoms with E-state index in [0.717, 1.165) is 59.5 Å². The van der Waals surface area contributed by atoms with Crippen molar-refractivity contribution >= 4 is 184 Å². The van der Waals surface area contributed by atoms with Gasteiger partial charge in [0, 0.05) is 49.1 Å². The molecule has 3 amide bonds. The minimum absolute atomic E-state index is 0.102. The van der Waals surface area contributed by atoms with Crippen LogP contribution in [0.3, 0.4) is 0 Å². The number of hydrogen-bond acceptors (Lipinski definition) is 8. The summed E-state index contributed by atoms with van der Waals surface area (Å²) in [4.78, 5) is 40.2. The fourth-order valence-corrected chi connectivity index (χ4v) is 9.24. The Hall–Kier alpha value is 2.38. The highest BCUT2D eigenvalue weighted by atomic mass is 127. The van der Waals surface area contributed by atoms with Gasteiger partial charge in [-0.05, 0) is 177 Å². The van der Waals surface area contributed by atoms with Gasteiger partial charge < -0.3 is 38.2 Å².